The minimum absolute atomic E-state index is 0. The summed E-state index contributed by atoms with van der Waals surface area (Å²) in [6, 6.07) is 11.6. The zero-order valence-corrected chi connectivity index (χ0v) is 19.8. The van der Waals surface area contributed by atoms with Gasteiger partial charge in [0.1, 0.15) is 11.6 Å². The summed E-state index contributed by atoms with van der Waals surface area (Å²) in [5, 5.41) is 6.05. The quantitative estimate of drug-likeness (QED) is 0.323. The summed E-state index contributed by atoms with van der Waals surface area (Å²) in [6.45, 7) is 5.83. The molecule has 2 N–H and O–H groups in total. The van der Waals surface area contributed by atoms with E-state index in [1.807, 2.05) is 56.1 Å². The van der Waals surface area contributed by atoms with Gasteiger partial charge < -0.3 is 20.3 Å². The van der Waals surface area contributed by atoms with Gasteiger partial charge in [0.05, 0.1) is 13.7 Å². The number of amides is 1. The number of carbonyl (C=O) groups is 1. The Bertz CT molecular complexity index is 779. The maximum absolute atomic E-state index is 12.1. The summed E-state index contributed by atoms with van der Waals surface area (Å²) in [5.41, 5.74) is 2.20. The Balaban J connectivity index is 0.00000420. The first kappa shape index (κ1) is 24.7. The average molecular weight is 511 g/mol. The molecule has 0 aliphatic rings. The van der Waals surface area contributed by atoms with Crippen LogP contribution in [0.25, 0.3) is 0 Å². The number of hydrogen-bond donors (Lipinski definition) is 2. The number of pyridine rings is 1. The monoisotopic (exact) mass is 511 g/mol. The predicted octanol–water partition coefficient (Wildman–Crippen LogP) is 3.44. The Morgan fingerprint density at radius 1 is 1.21 bits per heavy atom. The third kappa shape index (κ3) is 8.68. The van der Waals surface area contributed by atoms with Crippen molar-refractivity contribution in [1.82, 2.24) is 15.2 Å². The summed E-state index contributed by atoms with van der Waals surface area (Å²) < 4.78 is 5.19. The molecule has 1 aromatic carbocycles. The molecule has 1 heterocycles. The first-order valence-corrected chi connectivity index (χ1v) is 9.36. The first-order valence-electron chi connectivity index (χ1n) is 9.36. The molecule has 7 nitrogen and oxygen atoms in total. The van der Waals surface area contributed by atoms with E-state index < -0.39 is 0 Å². The van der Waals surface area contributed by atoms with E-state index in [2.05, 4.69) is 20.6 Å². The van der Waals surface area contributed by atoms with Crippen LogP contribution in [-0.2, 0) is 11.3 Å². The van der Waals surface area contributed by atoms with Gasteiger partial charge in [0.2, 0.25) is 5.91 Å². The van der Waals surface area contributed by atoms with E-state index in [0.717, 1.165) is 29.4 Å². The Hall–Kier alpha value is -2.36. The molecule has 0 unspecified atom stereocenters. The molecule has 1 amide bonds. The number of carbonyl (C=O) groups excluding carboxylic acids is 1. The lowest BCUT2D eigenvalue weighted by Crippen LogP contribution is -2.38. The molecule has 158 valence electrons. The number of benzene rings is 1. The second-order valence-corrected chi connectivity index (χ2v) is 6.46. The van der Waals surface area contributed by atoms with Gasteiger partial charge in [-0.15, -0.1) is 24.0 Å². The number of halogens is 1. The molecule has 0 bridgehead atoms. The van der Waals surface area contributed by atoms with Gasteiger partial charge >= 0.3 is 0 Å². The number of nitrogens with one attached hydrogen (secondary N) is 2. The van der Waals surface area contributed by atoms with Crippen LogP contribution in [0.15, 0.2) is 47.6 Å². The number of aliphatic imine (C=N–C) groups is 1. The van der Waals surface area contributed by atoms with Crippen LogP contribution in [0.1, 0.15) is 24.5 Å². The molecule has 29 heavy (non-hydrogen) atoms. The van der Waals surface area contributed by atoms with Gasteiger partial charge in [0.25, 0.3) is 0 Å². The molecule has 0 aliphatic heterocycles. The normalized spacial score (nSPS) is 10.7. The fourth-order valence-corrected chi connectivity index (χ4v) is 2.56. The highest BCUT2D eigenvalue weighted by Gasteiger charge is 2.08. The van der Waals surface area contributed by atoms with Gasteiger partial charge in [-0.1, -0.05) is 18.2 Å². The average Bonchev–Trinajstić information content (AvgIpc) is 2.69. The van der Waals surface area contributed by atoms with Crippen LogP contribution in [0.4, 0.5) is 5.82 Å². The number of hydrogen-bond acceptors (Lipinski definition) is 4. The fourth-order valence-electron chi connectivity index (χ4n) is 2.56. The minimum atomic E-state index is -0.103. The minimum Gasteiger partial charge on any atom is -0.497 e. The highest BCUT2D eigenvalue weighted by Crippen LogP contribution is 2.12. The van der Waals surface area contributed by atoms with Crippen LogP contribution >= 0.6 is 24.0 Å². The Kier molecular flexibility index (Phi) is 11.0. The zero-order chi connectivity index (χ0) is 20.4. The van der Waals surface area contributed by atoms with E-state index in [0.29, 0.717) is 25.3 Å². The first-order chi connectivity index (χ1) is 13.5. The SMILES string of the molecule is CCNC(=NCCC(=O)Nc1ccc(C)cn1)N(C)Cc1ccc(OC)cc1.I. The lowest BCUT2D eigenvalue weighted by molar-refractivity contribution is -0.116. The van der Waals surface area contributed by atoms with Crippen LogP contribution in [0, 0.1) is 6.92 Å². The van der Waals surface area contributed by atoms with Crippen molar-refractivity contribution in [1.29, 1.82) is 0 Å². The number of ether oxygens (including phenoxy) is 1. The molecule has 2 aromatic rings. The third-order valence-electron chi connectivity index (χ3n) is 4.05. The standard InChI is InChI=1S/C21H29N5O2.HI/c1-5-22-21(26(3)15-17-7-9-18(28-4)10-8-17)23-13-12-20(27)25-19-11-6-16(2)14-24-19;/h6-11,14H,5,12-13,15H2,1-4H3,(H,22,23)(H,24,25,27);1H. The largest absolute Gasteiger partial charge is 0.497 e. The van der Waals surface area contributed by atoms with Gasteiger partial charge in [-0.2, -0.15) is 0 Å². The van der Waals surface area contributed by atoms with Crippen LogP contribution in [0.2, 0.25) is 0 Å². The highest BCUT2D eigenvalue weighted by atomic mass is 127. The number of rotatable bonds is 8. The molecule has 8 heteroatoms. The van der Waals surface area contributed by atoms with E-state index in [4.69, 9.17) is 4.74 Å². The van der Waals surface area contributed by atoms with Crippen molar-refractivity contribution < 1.29 is 9.53 Å². The van der Waals surface area contributed by atoms with Crippen LogP contribution in [0.3, 0.4) is 0 Å². The Labute approximate surface area is 190 Å². The predicted molar refractivity (Wildman–Crippen MR) is 128 cm³/mol. The van der Waals surface area contributed by atoms with Crippen LogP contribution < -0.4 is 15.4 Å². The maximum Gasteiger partial charge on any atom is 0.227 e. The number of guanidine groups is 1. The second kappa shape index (κ2) is 13.0. The molecular formula is C21H30IN5O2. The fraction of sp³-hybridized carbons (Fsp3) is 0.381. The van der Waals surface area contributed by atoms with E-state index in [9.17, 15) is 4.79 Å². The molecule has 0 radical (unpaired) electrons. The van der Waals surface area contributed by atoms with Gasteiger partial charge in [0.15, 0.2) is 5.96 Å². The van der Waals surface area contributed by atoms with Crippen molar-refractivity contribution in [3.8, 4) is 5.75 Å². The molecule has 0 saturated heterocycles. The number of nitrogens with zero attached hydrogens (tertiary/aromatic N) is 3. The van der Waals surface area contributed by atoms with E-state index in [1.165, 1.54) is 0 Å². The topological polar surface area (TPSA) is 78.8 Å². The zero-order valence-electron chi connectivity index (χ0n) is 17.4. The summed E-state index contributed by atoms with van der Waals surface area (Å²) in [7, 11) is 3.63. The van der Waals surface area contributed by atoms with Crippen molar-refractivity contribution in [2.45, 2.75) is 26.8 Å². The maximum atomic E-state index is 12.1. The molecule has 0 fully saturated rings. The van der Waals surface area contributed by atoms with Crippen molar-refractivity contribution in [2.75, 3.05) is 32.6 Å². The van der Waals surface area contributed by atoms with E-state index in [1.54, 1.807) is 19.4 Å². The molecule has 0 saturated carbocycles. The van der Waals surface area contributed by atoms with Crippen molar-refractivity contribution in [3.05, 3.63) is 53.7 Å². The van der Waals surface area contributed by atoms with Crippen molar-refractivity contribution in [3.63, 3.8) is 0 Å². The number of aryl methyl sites for hydroxylation is 1. The van der Waals surface area contributed by atoms with Crippen molar-refractivity contribution >= 4 is 41.7 Å². The molecular weight excluding hydrogens is 481 g/mol. The Morgan fingerprint density at radius 2 is 1.93 bits per heavy atom. The molecule has 0 aliphatic carbocycles. The Morgan fingerprint density at radius 3 is 2.52 bits per heavy atom. The van der Waals surface area contributed by atoms with Crippen LogP contribution in [0.5, 0.6) is 5.75 Å². The summed E-state index contributed by atoms with van der Waals surface area (Å²) in [5.74, 6) is 2.05. The lowest BCUT2D eigenvalue weighted by Gasteiger charge is -2.22. The molecule has 0 atom stereocenters. The van der Waals surface area contributed by atoms with Gasteiger partial charge in [-0.05, 0) is 43.2 Å². The van der Waals surface area contributed by atoms with Crippen LogP contribution in [-0.4, -0.2) is 49.0 Å². The summed E-state index contributed by atoms with van der Waals surface area (Å²) in [4.78, 5) is 22.9. The van der Waals surface area contributed by atoms with Gasteiger partial charge in [-0.3, -0.25) is 9.79 Å². The number of aromatic nitrogens is 1. The third-order valence-corrected chi connectivity index (χ3v) is 4.05. The molecule has 0 spiro atoms. The highest BCUT2D eigenvalue weighted by molar-refractivity contribution is 14.0. The number of anilines is 1. The van der Waals surface area contributed by atoms with E-state index in [-0.39, 0.29) is 29.9 Å². The smallest absolute Gasteiger partial charge is 0.227 e. The van der Waals surface area contributed by atoms with Gasteiger partial charge in [0, 0.05) is 32.8 Å². The molecule has 1 aromatic heterocycles. The van der Waals surface area contributed by atoms with E-state index >= 15 is 0 Å². The molecule has 2 rings (SSSR count). The lowest BCUT2D eigenvalue weighted by atomic mass is 10.2. The number of methoxy groups -OCH3 is 1. The van der Waals surface area contributed by atoms with Crippen molar-refractivity contribution in [2.24, 2.45) is 4.99 Å². The summed E-state index contributed by atoms with van der Waals surface area (Å²) >= 11 is 0. The second-order valence-electron chi connectivity index (χ2n) is 6.46. The summed E-state index contributed by atoms with van der Waals surface area (Å²) in [6.07, 6.45) is 2.02. The van der Waals surface area contributed by atoms with Gasteiger partial charge in [-0.25, -0.2) is 4.98 Å².